The molecule has 3 rings (SSSR count). The molecule has 1 saturated carbocycles. The van der Waals surface area contributed by atoms with E-state index in [1.165, 1.54) is 12.8 Å². The molecule has 128 valence electrons. The van der Waals surface area contributed by atoms with Crippen molar-refractivity contribution in [2.45, 2.75) is 51.8 Å². The van der Waals surface area contributed by atoms with Crippen molar-refractivity contribution in [2.75, 3.05) is 5.32 Å². The number of aromatic nitrogens is 3. The number of aryl methyl sites for hydroxylation is 1. The third-order valence-corrected chi connectivity index (χ3v) is 4.06. The van der Waals surface area contributed by atoms with Gasteiger partial charge in [0.2, 0.25) is 5.88 Å². The van der Waals surface area contributed by atoms with Crippen molar-refractivity contribution in [3.05, 3.63) is 36.3 Å². The van der Waals surface area contributed by atoms with Crippen LogP contribution in [-0.2, 0) is 13.1 Å². The molecule has 2 aromatic rings. The van der Waals surface area contributed by atoms with Gasteiger partial charge in [0.15, 0.2) is 0 Å². The van der Waals surface area contributed by atoms with Crippen molar-refractivity contribution >= 4 is 11.7 Å². The molecule has 7 nitrogen and oxygen atoms in total. The van der Waals surface area contributed by atoms with Gasteiger partial charge in [-0.2, -0.15) is 5.10 Å². The topological polar surface area (TPSA) is 81.1 Å². The summed E-state index contributed by atoms with van der Waals surface area (Å²) in [5.74, 6) is 0.630. The van der Waals surface area contributed by atoms with Crippen molar-refractivity contribution in [1.29, 1.82) is 0 Å². The van der Waals surface area contributed by atoms with Gasteiger partial charge in [-0.15, -0.1) is 0 Å². The molecule has 7 heteroatoms. The molecule has 2 amide bonds. The van der Waals surface area contributed by atoms with E-state index < -0.39 is 0 Å². The molecule has 0 atom stereocenters. The summed E-state index contributed by atoms with van der Waals surface area (Å²) in [6.07, 6.45) is 10.0. The van der Waals surface area contributed by atoms with Gasteiger partial charge in [0.1, 0.15) is 6.10 Å². The minimum atomic E-state index is -0.263. The van der Waals surface area contributed by atoms with Gasteiger partial charge in [-0.25, -0.2) is 9.78 Å². The zero-order valence-electron chi connectivity index (χ0n) is 13.9. The molecule has 0 bridgehead atoms. The second kappa shape index (κ2) is 7.81. The summed E-state index contributed by atoms with van der Waals surface area (Å²) in [5, 5.41) is 9.70. The van der Waals surface area contributed by atoms with Crippen molar-refractivity contribution in [2.24, 2.45) is 0 Å². The predicted molar refractivity (Wildman–Crippen MR) is 90.9 cm³/mol. The molecule has 24 heavy (non-hydrogen) atoms. The average Bonchev–Trinajstić information content (AvgIpc) is 3.25. The lowest BCUT2D eigenvalue weighted by Gasteiger charge is -2.13. The fraction of sp³-hybridized carbons (Fsp3) is 0.471. The highest BCUT2D eigenvalue weighted by molar-refractivity contribution is 5.88. The number of hydrogen-bond acceptors (Lipinski definition) is 4. The molecular weight excluding hydrogens is 306 g/mol. The number of carbonyl (C=O) groups is 1. The number of nitrogens with one attached hydrogen (secondary N) is 2. The summed E-state index contributed by atoms with van der Waals surface area (Å²) in [5.41, 5.74) is 1.63. The molecule has 0 spiro atoms. The SMILES string of the molecule is CCn1cc(NC(=O)NCc2ccnc(OC3CCCC3)c2)cn1. The molecule has 0 aromatic carbocycles. The third kappa shape index (κ3) is 4.47. The Balaban J connectivity index is 1.49. The quantitative estimate of drug-likeness (QED) is 0.854. The van der Waals surface area contributed by atoms with E-state index in [0.717, 1.165) is 24.9 Å². The van der Waals surface area contributed by atoms with Gasteiger partial charge in [0.25, 0.3) is 0 Å². The first kappa shape index (κ1) is 16.3. The minimum Gasteiger partial charge on any atom is -0.474 e. The fourth-order valence-corrected chi connectivity index (χ4v) is 2.76. The van der Waals surface area contributed by atoms with Crippen LogP contribution in [0.25, 0.3) is 0 Å². The first-order chi connectivity index (χ1) is 11.7. The highest BCUT2D eigenvalue weighted by Crippen LogP contribution is 2.23. The highest BCUT2D eigenvalue weighted by Gasteiger charge is 2.17. The number of nitrogens with zero attached hydrogens (tertiary/aromatic N) is 3. The van der Waals surface area contributed by atoms with Crippen molar-refractivity contribution in [3.63, 3.8) is 0 Å². The number of hydrogen-bond donors (Lipinski definition) is 2. The number of urea groups is 1. The maximum atomic E-state index is 11.9. The lowest BCUT2D eigenvalue weighted by atomic mass is 10.2. The van der Waals surface area contributed by atoms with Crippen LogP contribution in [0.1, 0.15) is 38.2 Å². The maximum absolute atomic E-state index is 11.9. The lowest BCUT2D eigenvalue weighted by Crippen LogP contribution is -2.28. The Kier molecular flexibility index (Phi) is 5.30. The van der Waals surface area contributed by atoms with Gasteiger partial charge in [0.05, 0.1) is 11.9 Å². The number of rotatable bonds is 6. The molecule has 2 heterocycles. The molecule has 0 unspecified atom stereocenters. The van der Waals surface area contributed by atoms with Gasteiger partial charge in [-0.3, -0.25) is 4.68 Å². The third-order valence-electron chi connectivity index (χ3n) is 4.06. The van der Waals surface area contributed by atoms with Crippen LogP contribution >= 0.6 is 0 Å². The van der Waals surface area contributed by atoms with Crippen LogP contribution in [-0.4, -0.2) is 26.9 Å². The predicted octanol–water partition coefficient (Wildman–Crippen LogP) is 2.94. The van der Waals surface area contributed by atoms with E-state index in [4.69, 9.17) is 4.74 Å². The Morgan fingerprint density at radius 1 is 1.42 bits per heavy atom. The molecule has 1 fully saturated rings. The van der Waals surface area contributed by atoms with Crippen LogP contribution in [0, 0.1) is 0 Å². The molecule has 1 aliphatic rings. The number of ether oxygens (including phenoxy) is 1. The van der Waals surface area contributed by atoms with Crippen LogP contribution in [0.4, 0.5) is 10.5 Å². The Bertz CT molecular complexity index is 679. The van der Waals surface area contributed by atoms with E-state index in [-0.39, 0.29) is 12.1 Å². The number of anilines is 1. The Labute approximate surface area is 141 Å². The van der Waals surface area contributed by atoms with Crippen LogP contribution < -0.4 is 15.4 Å². The van der Waals surface area contributed by atoms with E-state index in [0.29, 0.717) is 18.1 Å². The molecule has 0 saturated heterocycles. The lowest BCUT2D eigenvalue weighted by molar-refractivity contribution is 0.201. The minimum absolute atomic E-state index is 0.263. The molecule has 0 aliphatic heterocycles. The van der Waals surface area contributed by atoms with Crippen LogP contribution in [0.15, 0.2) is 30.7 Å². The summed E-state index contributed by atoms with van der Waals surface area (Å²) in [4.78, 5) is 16.2. The van der Waals surface area contributed by atoms with Gasteiger partial charge in [0, 0.05) is 31.5 Å². The normalized spacial score (nSPS) is 14.5. The Hall–Kier alpha value is -2.57. The van der Waals surface area contributed by atoms with Gasteiger partial charge < -0.3 is 15.4 Å². The first-order valence-electron chi connectivity index (χ1n) is 8.42. The van der Waals surface area contributed by atoms with Crippen molar-refractivity contribution in [3.8, 4) is 5.88 Å². The van der Waals surface area contributed by atoms with Crippen LogP contribution in [0.5, 0.6) is 5.88 Å². The molecule has 2 N–H and O–H groups in total. The molecule has 2 aromatic heterocycles. The van der Waals surface area contributed by atoms with Crippen LogP contribution in [0.2, 0.25) is 0 Å². The van der Waals surface area contributed by atoms with E-state index in [1.54, 1.807) is 23.3 Å². The summed E-state index contributed by atoms with van der Waals surface area (Å²) < 4.78 is 7.64. The first-order valence-corrected chi connectivity index (χ1v) is 8.42. The van der Waals surface area contributed by atoms with E-state index in [1.807, 2.05) is 19.1 Å². The van der Waals surface area contributed by atoms with Crippen molar-refractivity contribution in [1.82, 2.24) is 20.1 Å². The summed E-state index contributed by atoms with van der Waals surface area (Å²) in [6.45, 7) is 3.17. The number of carbonyl (C=O) groups excluding carboxylic acids is 1. The second-order valence-corrected chi connectivity index (χ2v) is 5.92. The van der Waals surface area contributed by atoms with E-state index in [9.17, 15) is 4.79 Å². The maximum Gasteiger partial charge on any atom is 0.319 e. The number of pyridine rings is 1. The smallest absolute Gasteiger partial charge is 0.319 e. The summed E-state index contributed by atoms with van der Waals surface area (Å²) in [6, 6.07) is 3.49. The monoisotopic (exact) mass is 329 g/mol. The second-order valence-electron chi connectivity index (χ2n) is 5.92. The standard InChI is InChI=1S/C17H23N5O2/c1-2-22-12-14(11-20-22)21-17(23)19-10-13-7-8-18-16(9-13)24-15-5-3-4-6-15/h7-9,11-12,15H,2-6,10H2,1H3,(H2,19,21,23). The zero-order chi connectivity index (χ0) is 16.8. The fourth-order valence-electron chi connectivity index (χ4n) is 2.76. The average molecular weight is 329 g/mol. The van der Waals surface area contributed by atoms with Crippen LogP contribution in [0.3, 0.4) is 0 Å². The van der Waals surface area contributed by atoms with E-state index >= 15 is 0 Å². The Morgan fingerprint density at radius 2 is 2.25 bits per heavy atom. The van der Waals surface area contributed by atoms with Gasteiger partial charge in [-0.05, 0) is 44.2 Å². The summed E-state index contributed by atoms with van der Waals surface area (Å²) >= 11 is 0. The number of amides is 2. The molecule has 0 radical (unpaired) electrons. The Morgan fingerprint density at radius 3 is 3.00 bits per heavy atom. The van der Waals surface area contributed by atoms with Gasteiger partial charge in [-0.1, -0.05) is 0 Å². The molecular formula is C17H23N5O2. The van der Waals surface area contributed by atoms with E-state index in [2.05, 4.69) is 20.7 Å². The molecule has 1 aliphatic carbocycles. The van der Waals surface area contributed by atoms with Crippen molar-refractivity contribution < 1.29 is 9.53 Å². The zero-order valence-corrected chi connectivity index (χ0v) is 13.9. The highest BCUT2D eigenvalue weighted by atomic mass is 16.5. The van der Waals surface area contributed by atoms with Gasteiger partial charge >= 0.3 is 6.03 Å². The summed E-state index contributed by atoms with van der Waals surface area (Å²) in [7, 11) is 0. The largest absolute Gasteiger partial charge is 0.474 e.